The van der Waals surface area contributed by atoms with Gasteiger partial charge in [0.1, 0.15) is 5.78 Å². The van der Waals surface area contributed by atoms with Gasteiger partial charge in [-0.05, 0) is 38.5 Å². The molecule has 0 unspecified atom stereocenters. The topological polar surface area (TPSA) is 17.1 Å². The van der Waals surface area contributed by atoms with Gasteiger partial charge in [-0.15, -0.1) is 0 Å². The Hall–Kier alpha value is -1.11. The standard InChI is InChI=1S/C15H18O/c1-9(16)15(2,3)13-8-11-5-4-10-6-7-12(13)14(10)11/h4-8,10-12,14H,1-3H3/t10-,11-,12-,14+/m1/s1. The summed E-state index contributed by atoms with van der Waals surface area (Å²) in [5, 5.41) is 0. The summed E-state index contributed by atoms with van der Waals surface area (Å²) in [6.45, 7) is 5.83. The van der Waals surface area contributed by atoms with Gasteiger partial charge in [0.2, 0.25) is 0 Å². The highest BCUT2D eigenvalue weighted by atomic mass is 16.1. The van der Waals surface area contributed by atoms with E-state index in [1.165, 1.54) is 5.57 Å². The predicted molar refractivity (Wildman–Crippen MR) is 64.8 cm³/mol. The van der Waals surface area contributed by atoms with Gasteiger partial charge in [0.25, 0.3) is 0 Å². The van der Waals surface area contributed by atoms with Crippen molar-refractivity contribution >= 4 is 5.78 Å². The Kier molecular flexibility index (Phi) is 1.87. The summed E-state index contributed by atoms with van der Waals surface area (Å²) in [5.74, 6) is 2.65. The lowest BCUT2D eigenvalue weighted by Crippen LogP contribution is -2.27. The van der Waals surface area contributed by atoms with Crippen molar-refractivity contribution in [2.45, 2.75) is 20.8 Å². The van der Waals surface area contributed by atoms with Crippen LogP contribution in [-0.4, -0.2) is 5.78 Å². The van der Waals surface area contributed by atoms with Gasteiger partial charge in [-0.1, -0.05) is 36.0 Å². The van der Waals surface area contributed by atoms with E-state index in [-0.39, 0.29) is 11.2 Å². The van der Waals surface area contributed by atoms with Crippen molar-refractivity contribution in [3.63, 3.8) is 0 Å². The first-order valence-electron chi connectivity index (χ1n) is 6.11. The third-order valence-corrected chi connectivity index (χ3v) is 4.73. The minimum Gasteiger partial charge on any atom is -0.299 e. The van der Waals surface area contributed by atoms with Crippen LogP contribution in [0.2, 0.25) is 0 Å². The van der Waals surface area contributed by atoms with Crippen molar-refractivity contribution in [3.8, 4) is 0 Å². The van der Waals surface area contributed by atoms with E-state index in [1.54, 1.807) is 6.92 Å². The number of Topliss-reactive ketones (excluding diaryl/α,β-unsaturated/α-hetero) is 1. The highest BCUT2D eigenvalue weighted by Gasteiger charge is 2.48. The quantitative estimate of drug-likeness (QED) is 0.645. The van der Waals surface area contributed by atoms with E-state index in [2.05, 4.69) is 44.2 Å². The molecule has 3 aliphatic rings. The average molecular weight is 214 g/mol. The molecule has 3 aliphatic carbocycles. The summed E-state index contributed by atoms with van der Waals surface area (Å²) < 4.78 is 0. The lowest BCUT2D eigenvalue weighted by Gasteiger charge is -2.28. The predicted octanol–water partition coefficient (Wildman–Crippen LogP) is 3.15. The first-order valence-corrected chi connectivity index (χ1v) is 6.11. The fourth-order valence-electron chi connectivity index (χ4n) is 3.44. The van der Waals surface area contributed by atoms with Gasteiger partial charge >= 0.3 is 0 Å². The second-order valence-electron chi connectivity index (χ2n) is 5.83. The molecule has 4 atom stereocenters. The summed E-state index contributed by atoms with van der Waals surface area (Å²) in [4.78, 5) is 11.8. The van der Waals surface area contributed by atoms with Crippen molar-refractivity contribution in [3.05, 3.63) is 36.0 Å². The van der Waals surface area contributed by atoms with Crippen LogP contribution < -0.4 is 0 Å². The Morgan fingerprint density at radius 1 is 1.12 bits per heavy atom. The van der Waals surface area contributed by atoms with Crippen molar-refractivity contribution in [1.82, 2.24) is 0 Å². The Balaban J connectivity index is 2.02. The SMILES string of the molecule is CC(=O)C(C)(C)C1=C[C@H]2C=C[C@@H]3C=C[C@H]1[C@@H]32. The number of ketones is 1. The van der Waals surface area contributed by atoms with Crippen LogP contribution >= 0.6 is 0 Å². The van der Waals surface area contributed by atoms with Crippen LogP contribution in [-0.2, 0) is 4.79 Å². The maximum Gasteiger partial charge on any atom is 0.139 e. The van der Waals surface area contributed by atoms with Gasteiger partial charge in [0.15, 0.2) is 0 Å². The van der Waals surface area contributed by atoms with Crippen molar-refractivity contribution in [2.24, 2.45) is 29.1 Å². The minimum absolute atomic E-state index is 0.277. The fourth-order valence-corrected chi connectivity index (χ4v) is 3.44. The zero-order valence-electron chi connectivity index (χ0n) is 10.1. The molecular weight excluding hydrogens is 196 g/mol. The summed E-state index contributed by atoms with van der Waals surface area (Å²) in [6, 6.07) is 0. The van der Waals surface area contributed by atoms with Crippen LogP contribution in [0.4, 0.5) is 0 Å². The van der Waals surface area contributed by atoms with E-state index in [4.69, 9.17) is 0 Å². The van der Waals surface area contributed by atoms with Gasteiger partial charge in [0.05, 0.1) is 0 Å². The zero-order valence-corrected chi connectivity index (χ0v) is 10.1. The van der Waals surface area contributed by atoms with Gasteiger partial charge < -0.3 is 0 Å². The first kappa shape index (κ1) is 10.1. The van der Waals surface area contributed by atoms with E-state index in [9.17, 15) is 4.79 Å². The number of carbonyl (C=O) groups excluding carboxylic acids is 1. The molecule has 0 N–H and O–H groups in total. The van der Waals surface area contributed by atoms with Gasteiger partial charge in [-0.3, -0.25) is 4.79 Å². The van der Waals surface area contributed by atoms with E-state index >= 15 is 0 Å². The molecule has 0 spiro atoms. The molecule has 0 fully saturated rings. The molecule has 0 saturated heterocycles. The monoisotopic (exact) mass is 214 g/mol. The lowest BCUT2D eigenvalue weighted by molar-refractivity contribution is -0.123. The molecule has 3 rings (SSSR count). The summed E-state index contributed by atoms with van der Waals surface area (Å²) in [6.07, 6.45) is 11.6. The van der Waals surface area contributed by atoms with Crippen LogP contribution in [0.1, 0.15) is 20.8 Å². The molecule has 1 nitrogen and oxygen atoms in total. The first-order chi connectivity index (χ1) is 7.51. The lowest BCUT2D eigenvalue weighted by atomic mass is 9.74. The Labute approximate surface area is 96.9 Å². The van der Waals surface area contributed by atoms with Crippen LogP contribution in [0.5, 0.6) is 0 Å². The Morgan fingerprint density at radius 3 is 2.44 bits per heavy atom. The van der Waals surface area contributed by atoms with Crippen LogP contribution in [0.3, 0.4) is 0 Å². The molecular formula is C15H18O. The Morgan fingerprint density at radius 2 is 1.75 bits per heavy atom. The molecule has 0 amide bonds. The fraction of sp³-hybridized carbons (Fsp3) is 0.533. The van der Waals surface area contributed by atoms with E-state index < -0.39 is 0 Å². The normalized spacial score (nSPS) is 39.1. The van der Waals surface area contributed by atoms with Crippen LogP contribution in [0.25, 0.3) is 0 Å². The molecule has 0 bridgehead atoms. The molecule has 0 aliphatic heterocycles. The van der Waals surface area contributed by atoms with Crippen LogP contribution in [0, 0.1) is 29.1 Å². The molecule has 0 aromatic carbocycles. The minimum atomic E-state index is -0.290. The summed E-state index contributed by atoms with van der Waals surface area (Å²) in [7, 11) is 0. The van der Waals surface area contributed by atoms with Crippen molar-refractivity contribution < 1.29 is 4.79 Å². The second-order valence-corrected chi connectivity index (χ2v) is 5.83. The van der Waals surface area contributed by atoms with E-state index in [0.717, 1.165) is 0 Å². The zero-order chi connectivity index (χ0) is 11.5. The van der Waals surface area contributed by atoms with Gasteiger partial charge in [-0.25, -0.2) is 0 Å². The van der Waals surface area contributed by atoms with E-state index in [1.807, 2.05) is 0 Å². The molecule has 0 aromatic rings. The smallest absolute Gasteiger partial charge is 0.139 e. The number of rotatable bonds is 2. The van der Waals surface area contributed by atoms with Crippen LogP contribution in [0.15, 0.2) is 36.0 Å². The highest BCUT2D eigenvalue weighted by Crippen LogP contribution is 2.55. The largest absolute Gasteiger partial charge is 0.299 e. The molecule has 0 saturated carbocycles. The van der Waals surface area contributed by atoms with Gasteiger partial charge in [-0.2, -0.15) is 0 Å². The van der Waals surface area contributed by atoms with E-state index in [0.29, 0.717) is 23.7 Å². The Bertz CT molecular complexity index is 436. The molecule has 84 valence electrons. The number of hydrogen-bond donors (Lipinski definition) is 0. The van der Waals surface area contributed by atoms with Crippen molar-refractivity contribution in [1.29, 1.82) is 0 Å². The molecule has 0 heterocycles. The molecule has 1 heteroatoms. The molecule has 0 radical (unpaired) electrons. The maximum atomic E-state index is 11.8. The molecule has 0 aromatic heterocycles. The summed E-state index contributed by atoms with van der Waals surface area (Å²) in [5.41, 5.74) is 1.06. The highest BCUT2D eigenvalue weighted by molar-refractivity contribution is 5.85. The summed E-state index contributed by atoms with van der Waals surface area (Å²) >= 11 is 0. The van der Waals surface area contributed by atoms with Gasteiger partial charge in [0, 0.05) is 11.3 Å². The second kappa shape index (κ2) is 2.97. The third kappa shape index (κ3) is 1.09. The van der Waals surface area contributed by atoms with Crippen molar-refractivity contribution in [2.75, 3.05) is 0 Å². The third-order valence-electron chi connectivity index (χ3n) is 4.73. The average Bonchev–Trinajstić information content (AvgIpc) is 2.85. The number of carbonyl (C=O) groups is 1. The molecule has 16 heavy (non-hydrogen) atoms. The maximum absolute atomic E-state index is 11.8. The number of allylic oxidation sites excluding steroid dienone is 6. The number of hydrogen-bond acceptors (Lipinski definition) is 1.